The molecule has 35 heavy (non-hydrogen) atoms. The first kappa shape index (κ1) is 24.2. The molecule has 0 aliphatic heterocycles. The fourth-order valence-electron chi connectivity index (χ4n) is 3.49. The van der Waals surface area contributed by atoms with Crippen molar-refractivity contribution in [2.45, 2.75) is 32.4 Å². The van der Waals surface area contributed by atoms with Crippen LogP contribution in [0.25, 0.3) is 21.3 Å². The van der Waals surface area contributed by atoms with Gasteiger partial charge in [0.25, 0.3) is 10.9 Å². The summed E-state index contributed by atoms with van der Waals surface area (Å²) in [5, 5.41) is 25.1. The number of rotatable bonds is 5. The molecule has 4 aromatic rings. The molecule has 1 unspecified atom stereocenters. The molecule has 1 amide bonds. The first-order valence-corrected chi connectivity index (χ1v) is 11.4. The number of carbonyl (C=O) groups excluding carboxylic acids is 1. The van der Waals surface area contributed by atoms with Gasteiger partial charge in [0.2, 0.25) is 0 Å². The van der Waals surface area contributed by atoms with Crippen molar-refractivity contribution in [3.63, 3.8) is 0 Å². The molecule has 2 N–H and O–H groups in total. The van der Waals surface area contributed by atoms with Gasteiger partial charge in [-0.2, -0.15) is 0 Å². The number of thiazole rings is 1. The number of aliphatic hydroxyl groups is 1. The lowest BCUT2D eigenvalue weighted by Gasteiger charge is -2.18. The van der Waals surface area contributed by atoms with E-state index in [4.69, 9.17) is 4.74 Å². The van der Waals surface area contributed by atoms with Crippen molar-refractivity contribution < 1.29 is 24.0 Å². The third-order valence-electron chi connectivity index (χ3n) is 5.02. The number of carbonyl (C=O) groups is 1. The third kappa shape index (κ3) is 5.61. The van der Waals surface area contributed by atoms with Gasteiger partial charge in [0, 0.05) is 23.2 Å². The number of aliphatic hydroxyl groups excluding tert-OH is 1. The summed E-state index contributed by atoms with van der Waals surface area (Å²) in [6.45, 7) is 5.45. The van der Waals surface area contributed by atoms with Gasteiger partial charge in [-0.25, -0.2) is 14.2 Å². The minimum Gasteiger partial charge on any atom is -0.384 e. The van der Waals surface area contributed by atoms with Gasteiger partial charge in [-0.1, -0.05) is 35.6 Å². The molecule has 0 aliphatic carbocycles. The van der Waals surface area contributed by atoms with Gasteiger partial charge >= 0.3 is 6.09 Å². The van der Waals surface area contributed by atoms with Crippen LogP contribution in [0.15, 0.2) is 60.7 Å². The number of amides is 1. The van der Waals surface area contributed by atoms with Crippen LogP contribution in [-0.4, -0.2) is 26.6 Å². The van der Waals surface area contributed by atoms with E-state index in [0.29, 0.717) is 32.5 Å². The van der Waals surface area contributed by atoms with Crippen LogP contribution in [-0.2, 0) is 0 Å². The van der Waals surface area contributed by atoms with Gasteiger partial charge in [0.1, 0.15) is 11.9 Å². The van der Waals surface area contributed by atoms with Gasteiger partial charge in [-0.15, -0.1) is 0 Å². The highest BCUT2D eigenvalue weighted by Gasteiger charge is 2.21. The van der Waals surface area contributed by atoms with Crippen LogP contribution in [0.5, 0.6) is 5.19 Å². The van der Waals surface area contributed by atoms with Crippen molar-refractivity contribution in [2.75, 3.05) is 0 Å². The average Bonchev–Trinajstić information content (AvgIpc) is 3.19. The Hall–Kier alpha value is -3.89. The fourth-order valence-corrected chi connectivity index (χ4v) is 4.38. The van der Waals surface area contributed by atoms with Crippen molar-refractivity contribution in [3.05, 3.63) is 87.7 Å². The van der Waals surface area contributed by atoms with E-state index >= 15 is 0 Å². The van der Waals surface area contributed by atoms with E-state index in [2.05, 4.69) is 10.3 Å². The molecule has 0 saturated heterocycles. The summed E-state index contributed by atoms with van der Waals surface area (Å²) in [4.78, 5) is 27.5. The lowest BCUT2D eigenvalue weighted by molar-refractivity contribution is -0.384. The van der Waals surface area contributed by atoms with Crippen LogP contribution in [0.1, 0.15) is 38.0 Å². The topological polar surface area (TPSA) is 115 Å². The predicted molar refractivity (Wildman–Crippen MR) is 131 cm³/mol. The summed E-state index contributed by atoms with van der Waals surface area (Å²) in [6, 6.07) is 14.9. The Balaban J connectivity index is 1.83. The van der Waals surface area contributed by atoms with E-state index < -0.39 is 28.5 Å². The van der Waals surface area contributed by atoms with Crippen LogP contribution in [0, 0.1) is 15.9 Å². The Kier molecular flexibility index (Phi) is 6.51. The molecular formula is C25H22FN3O5S. The Bertz CT molecular complexity index is 1410. The number of ether oxygens (including phenoxy) is 1. The molecule has 0 radical (unpaired) electrons. The van der Waals surface area contributed by atoms with E-state index in [9.17, 15) is 24.4 Å². The maximum Gasteiger partial charge on any atom is 0.414 e. The Morgan fingerprint density at radius 3 is 2.51 bits per heavy atom. The van der Waals surface area contributed by atoms with Crippen LogP contribution in [0.4, 0.5) is 14.9 Å². The number of nitrogens with zero attached hydrogens (tertiary/aromatic N) is 2. The SMILES string of the molecule is CC(C)(C)NC(=O)Oc1nc2c(-c3cccc([N+](=O)[O-])c3)cc(C(O)c3ccc(F)cc3)cc2s1. The molecule has 0 bridgehead atoms. The number of nitro benzene ring substituents is 1. The van der Waals surface area contributed by atoms with E-state index in [1.807, 2.05) is 20.8 Å². The standard InChI is InChI=1S/C25H22FN3O5S/c1-25(2,3)28-23(31)34-24-27-21-19(15-5-4-6-18(11-15)29(32)33)12-16(13-20(21)35-24)22(30)14-7-9-17(26)10-8-14/h4-13,22,30H,1-3H3,(H,28,31). The number of benzene rings is 3. The molecule has 1 aromatic heterocycles. The van der Waals surface area contributed by atoms with Crippen molar-refractivity contribution >= 4 is 33.3 Å². The van der Waals surface area contributed by atoms with Crippen LogP contribution < -0.4 is 10.1 Å². The van der Waals surface area contributed by atoms with Crippen LogP contribution >= 0.6 is 11.3 Å². The molecule has 0 fully saturated rings. The monoisotopic (exact) mass is 495 g/mol. The van der Waals surface area contributed by atoms with Gasteiger partial charge < -0.3 is 15.2 Å². The lowest BCUT2D eigenvalue weighted by Crippen LogP contribution is -2.42. The Labute approximate surface area is 204 Å². The highest BCUT2D eigenvalue weighted by molar-refractivity contribution is 7.20. The molecule has 0 spiro atoms. The minimum absolute atomic E-state index is 0.0850. The third-order valence-corrected chi connectivity index (χ3v) is 5.90. The first-order valence-electron chi connectivity index (χ1n) is 10.6. The summed E-state index contributed by atoms with van der Waals surface area (Å²) < 4.78 is 19.3. The number of nitrogens with one attached hydrogen (secondary N) is 1. The van der Waals surface area contributed by atoms with Gasteiger partial charge in [-0.05, 0) is 61.7 Å². The zero-order valence-electron chi connectivity index (χ0n) is 19.1. The average molecular weight is 496 g/mol. The summed E-state index contributed by atoms with van der Waals surface area (Å²) in [5.41, 5.74) is 1.83. The molecule has 1 heterocycles. The molecule has 0 aliphatic rings. The zero-order valence-corrected chi connectivity index (χ0v) is 19.9. The van der Waals surface area contributed by atoms with Crippen LogP contribution in [0.3, 0.4) is 0 Å². The van der Waals surface area contributed by atoms with Crippen molar-refractivity contribution in [1.29, 1.82) is 0 Å². The molecule has 4 rings (SSSR count). The maximum absolute atomic E-state index is 13.4. The number of aromatic nitrogens is 1. The zero-order chi connectivity index (χ0) is 25.3. The summed E-state index contributed by atoms with van der Waals surface area (Å²) >= 11 is 1.10. The van der Waals surface area contributed by atoms with E-state index in [1.165, 1.54) is 36.4 Å². The number of hydrogen-bond donors (Lipinski definition) is 2. The second-order valence-electron chi connectivity index (χ2n) is 8.92. The van der Waals surface area contributed by atoms with E-state index in [0.717, 1.165) is 11.3 Å². The maximum atomic E-state index is 13.4. The summed E-state index contributed by atoms with van der Waals surface area (Å²) in [6.07, 6.45) is -1.76. The van der Waals surface area contributed by atoms with E-state index in [-0.39, 0.29) is 10.9 Å². The molecule has 180 valence electrons. The number of hydrogen-bond acceptors (Lipinski definition) is 7. The second kappa shape index (κ2) is 9.40. The van der Waals surface area contributed by atoms with Crippen molar-refractivity contribution in [2.24, 2.45) is 0 Å². The van der Waals surface area contributed by atoms with Gasteiger partial charge in [0.05, 0.1) is 15.1 Å². The fraction of sp³-hybridized carbons (Fsp3) is 0.200. The minimum atomic E-state index is -1.09. The first-order chi connectivity index (χ1) is 16.5. The van der Waals surface area contributed by atoms with Crippen molar-refractivity contribution in [3.8, 4) is 16.3 Å². The van der Waals surface area contributed by atoms with Gasteiger partial charge in [-0.3, -0.25) is 10.1 Å². The highest BCUT2D eigenvalue weighted by atomic mass is 32.1. The molecule has 10 heteroatoms. The van der Waals surface area contributed by atoms with E-state index in [1.54, 1.807) is 24.3 Å². The summed E-state index contributed by atoms with van der Waals surface area (Å²) in [5.74, 6) is -0.425. The summed E-state index contributed by atoms with van der Waals surface area (Å²) in [7, 11) is 0. The molecule has 8 nitrogen and oxygen atoms in total. The van der Waals surface area contributed by atoms with Crippen molar-refractivity contribution in [1.82, 2.24) is 10.3 Å². The molecular weight excluding hydrogens is 473 g/mol. The number of nitro groups is 1. The molecule has 0 saturated carbocycles. The second-order valence-corrected chi connectivity index (χ2v) is 9.91. The normalized spacial score (nSPS) is 12.4. The van der Waals surface area contributed by atoms with Gasteiger partial charge in [0.15, 0.2) is 0 Å². The highest BCUT2D eigenvalue weighted by Crippen LogP contribution is 2.39. The largest absolute Gasteiger partial charge is 0.414 e. The quantitative estimate of drug-likeness (QED) is 0.260. The van der Waals surface area contributed by atoms with Crippen LogP contribution in [0.2, 0.25) is 0 Å². The lowest BCUT2D eigenvalue weighted by atomic mass is 9.96. The number of halogens is 1. The predicted octanol–water partition coefficient (Wildman–Crippen LogP) is 5.98. The smallest absolute Gasteiger partial charge is 0.384 e. The molecule has 1 atom stereocenters. The number of fused-ring (bicyclic) bond motifs is 1. The Morgan fingerprint density at radius 2 is 1.86 bits per heavy atom. The molecule has 3 aromatic carbocycles. The number of non-ortho nitro benzene ring substituents is 1. The Morgan fingerprint density at radius 1 is 1.14 bits per heavy atom.